The fourth-order valence-corrected chi connectivity index (χ4v) is 2.67. The smallest absolute Gasteiger partial charge is 0.220 e. The number of carbonyl (C=O) groups is 1. The molecule has 0 bridgehead atoms. The standard InChI is InChI=1S/C11H20N2O2/c12-11(14)9-1-3-10(4-2-9)13-5-7-15-8-6-13/h9-10H,1-8H2,(H2,12,14). The molecule has 2 aliphatic rings. The van der Waals surface area contributed by atoms with Gasteiger partial charge in [-0.05, 0) is 25.7 Å². The molecule has 1 saturated heterocycles. The second-order valence-corrected chi connectivity index (χ2v) is 4.56. The van der Waals surface area contributed by atoms with Gasteiger partial charge in [-0.3, -0.25) is 9.69 Å². The zero-order chi connectivity index (χ0) is 10.7. The molecule has 0 aromatic carbocycles. The highest BCUT2D eigenvalue weighted by molar-refractivity contribution is 5.76. The first kappa shape index (κ1) is 10.9. The Bertz CT molecular complexity index is 219. The summed E-state index contributed by atoms with van der Waals surface area (Å²) in [4.78, 5) is 13.5. The van der Waals surface area contributed by atoms with Crippen molar-refractivity contribution in [3.63, 3.8) is 0 Å². The van der Waals surface area contributed by atoms with Crippen molar-refractivity contribution >= 4 is 5.91 Å². The minimum Gasteiger partial charge on any atom is -0.379 e. The summed E-state index contributed by atoms with van der Waals surface area (Å²) in [5.41, 5.74) is 5.32. The molecule has 4 nitrogen and oxygen atoms in total. The maximum Gasteiger partial charge on any atom is 0.220 e. The van der Waals surface area contributed by atoms with E-state index >= 15 is 0 Å². The number of nitrogens with two attached hydrogens (primary N) is 1. The number of rotatable bonds is 2. The molecule has 1 aliphatic heterocycles. The van der Waals surface area contributed by atoms with Gasteiger partial charge in [-0.25, -0.2) is 0 Å². The van der Waals surface area contributed by atoms with Gasteiger partial charge in [-0.15, -0.1) is 0 Å². The second-order valence-electron chi connectivity index (χ2n) is 4.56. The molecule has 2 fully saturated rings. The lowest BCUT2D eigenvalue weighted by molar-refractivity contribution is -0.123. The minimum atomic E-state index is -0.115. The van der Waals surface area contributed by atoms with Crippen LogP contribution in [0, 0.1) is 5.92 Å². The topological polar surface area (TPSA) is 55.6 Å². The van der Waals surface area contributed by atoms with Crippen molar-refractivity contribution in [2.45, 2.75) is 31.7 Å². The molecule has 1 heterocycles. The highest BCUT2D eigenvalue weighted by Gasteiger charge is 2.28. The second kappa shape index (κ2) is 4.94. The van der Waals surface area contributed by atoms with Gasteiger partial charge in [0.1, 0.15) is 0 Å². The third-order valence-corrected chi connectivity index (χ3v) is 3.66. The van der Waals surface area contributed by atoms with Crippen LogP contribution in [0.1, 0.15) is 25.7 Å². The van der Waals surface area contributed by atoms with Crippen LogP contribution in [0.15, 0.2) is 0 Å². The summed E-state index contributed by atoms with van der Waals surface area (Å²) in [6.45, 7) is 3.81. The summed E-state index contributed by atoms with van der Waals surface area (Å²) >= 11 is 0. The Hall–Kier alpha value is -0.610. The van der Waals surface area contributed by atoms with Gasteiger partial charge in [-0.2, -0.15) is 0 Å². The molecule has 0 unspecified atom stereocenters. The monoisotopic (exact) mass is 212 g/mol. The SMILES string of the molecule is NC(=O)C1CCC(N2CCOCC2)CC1. The summed E-state index contributed by atoms with van der Waals surface area (Å²) in [6.07, 6.45) is 4.18. The van der Waals surface area contributed by atoms with E-state index in [-0.39, 0.29) is 11.8 Å². The largest absolute Gasteiger partial charge is 0.379 e. The molecule has 0 spiro atoms. The van der Waals surface area contributed by atoms with Crippen molar-refractivity contribution < 1.29 is 9.53 Å². The maximum atomic E-state index is 11.0. The predicted octanol–water partition coefficient (Wildman–Crippen LogP) is 0.363. The van der Waals surface area contributed by atoms with E-state index < -0.39 is 0 Å². The Morgan fingerprint density at radius 2 is 1.73 bits per heavy atom. The zero-order valence-corrected chi connectivity index (χ0v) is 9.15. The van der Waals surface area contributed by atoms with Crippen LogP contribution >= 0.6 is 0 Å². The fourth-order valence-electron chi connectivity index (χ4n) is 2.67. The number of hydrogen-bond acceptors (Lipinski definition) is 3. The van der Waals surface area contributed by atoms with Crippen LogP contribution in [0.25, 0.3) is 0 Å². The van der Waals surface area contributed by atoms with Crippen LogP contribution in [-0.2, 0) is 9.53 Å². The summed E-state index contributed by atoms with van der Waals surface area (Å²) in [7, 11) is 0. The highest BCUT2D eigenvalue weighted by atomic mass is 16.5. The van der Waals surface area contributed by atoms with Crippen LogP contribution in [0.4, 0.5) is 0 Å². The number of amides is 1. The Kier molecular flexibility index (Phi) is 3.59. The molecule has 1 aliphatic carbocycles. The lowest BCUT2D eigenvalue weighted by atomic mass is 9.85. The maximum absolute atomic E-state index is 11.0. The molecule has 86 valence electrons. The highest BCUT2D eigenvalue weighted by Crippen LogP contribution is 2.27. The fraction of sp³-hybridized carbons (Fsp3) is 0.909. The molecule has 0 aromatic heterocycles. The summed E-state index contributed by atoms with van der Waals surface area (Å²) < 4.78 is 5.33. The quantitative estimate of drug-likeness (QED) is 0.719. The van der Waals surface area contributed by atoms with Crippen molar-refractivity contribution in [3.05, 3.63) is 0 Å². The van der Waals surface area contributed by atoms with E-state index in [9.17, 15) is 4.79 Å². The first-order valence-electron chi connectivity index (χ1n) is 5.88. The van der Waals surface area contributed by atoms with Gasteiger partial charge in [0.2, 0.25) is 5.91 Å². The third-order valence-electron chi connectivity index (χ3n) is 3.66. The molecular formula is C11H20N2O2. The molecule has 0 atom stereocenters. The van der Waals surface area contributed by atoms with Gasteiger partial charge in [0.25, 0.3) is 0 Å². The summed E-state index contributed by atoms with van der Waals surface area (Å²) in [6, 6.07) is 0.657. The van der Waals surface area contributed by atoms with E-state index in [0.717, 1.165) is 52.0 Å². The number of nitrogens with zero attached hydrogens (tertiary/aromatic N) is 1. The average Bonchev–Trinajstić information content (AvgIpc) is 2.30. The van der Waals surface area contributed by atoms with Crippen molar-refractivity contribution in [3.8, 4) is 0 Å². The molecule has 2 N–H and O–H groups in total. The normalized spacial score (nSPS) is 33.9. The summed E-state index contributed by atoms with van der Waals surface area (Å²) in [5, 5.41) is 0. The number of primary amides is 1. The third kappa shape index (κ3) is 2.69. The van der Waals surface area contributed by atoms with E-state index in [1.807, 2.05) is 0 Å². The van der Waals surface area contributed by atoms with E-state index in [0.29, 0.717) is 6.04 Å². The van der Waals surface area contributed by atoms with Gasteiger partial charge in [0.05, 0.1) is 13.2 Å². The minimum absolute atomic E-state index is 0.115. The molecule has 0 radical (unpaired) electrons. The Balaban J connectivity index is 1.79. The van der Waals surface area contributed by atoms with Crippen LogP contribution in [0.2, 0.25) is 0 Å². The van der Waals surface area contributed by atoms with Crippen LogP contribution in [-0.4, -0.2) is 43.2 Å². The number of hydrogen-bond donors (Lipinski definition) is 1. The van der Waals surface area contributed by atoms with Gasteiger partial charge in [-0.1, -0.05) is 0 Å². The van der Waals surface area contributed by atoms with Crippen molar-refractivity contribution in [1.29, 1.82) is 0 Å². The molecule has 2 rings (SSSR count). The first-order valence-corrected chi connectivity index (χ1v) is 5.88. The van der Waals surface area contributed by atoms with Crippen LogP contribution in [0.3, 0.4) is 0 Å². The first-order chi connectivity index (χ1) is 7.27. The lowest BCUT2D eigenvalue weighted by Gasteiger charge is -2.38. The number of carbonyl (C=O) groups excluding carboxylic acids is 1. The lowest BCUT2D eigenvalue weighted by Crippen LogP contribution is -2.45. The van der Waals surface area contributed by atoms with Crippen molar-refractivity contribution in [1.82, 2.24) is 4.90 Å². The Labute approximate surface area is 90.8 Å². The van der Waals surface area contributed by atoms with E-state index in [1.165, 1.54) is 0 Å². The van der Waals surface area contributed by atoms with E-state index in [4.69, 9.17) is 10.5 Å². The van der Waals surface area contributed by atoms with Crippen LogP contribution < -0.4 is 5.73 Å². The van der Waals surface area contributed by atoms with Gasteiger partial charge < -0.3 is 10.5 Å². The van der Waals surface area contributed by atoms with Gasteiger partial charge in [0.15, 0.2) is 0 Å². The molecule has 1 saturated carbocycles. The molecule has 4 heteroatoms. The van der Waals surface area contributed by atoms with Gasteiger partial charge >= 0.3 is 0 Å². The average molecular weight is 212 g/mol. The molecular weight excluding hydrogens is 192 g/mol. The van der Waals surface area contributed by atoms with Crippen molar-refractivity contribution in [2.24, 2.45) is 11.7 Å². The number of ether oxygens (including phenoxy) is 1. The Morgan fingerprint density at radius 1 is 1.13 bits per heavy atom. The van der Waals surface area contributed by atoms with E-state index in [1.54, 1.807) is 0 Å². The number of morpholine rings is 1. The molecule has 1 amide bonds. The summed E-state index contributed by atoms with van der Waals surface area (Å²) in [5.74, 6) is 0.0118. The molecule has 0 aromatic rings. The predicted molar refractivity (Wildman–Crippen MR) is 57.3 cm³/mol. The van der Waals surface area contributed by atoms with E-state index in [2.05, 4.69) is 4.90 Å². The van der Waals surface area contributed by atoms with Gasteiger partial charge in [0, 0.05) is 25.0 Å². The van der Waals surface area contributed by atoms with Crippen molar-refractivity contribution in [2.75, 3.05) is 26.3 Å². The molecule has 15 heavy (non-hydrogen) atoms. The zero-order valence-electron chi connectivity index (χ0n) is 9.15. The van der Waals surface area contributed by atoms with Crippen LogP contribution in [0.5, 0.6) is 0 Å². The Morgan fingerprint density at radius 3 is 2.27 bits per heavy atom.